The van der Waals surface area contributed by atoms with E-state index in [9.17, 15) is 0 Å². The summed E-state index contributed by atoms with van der Waals surface area (Å²) in [6.45, 7) is 1.11. The van der Waals surface area contributed by atoms with Crippen LogP contribution < -0.4 is 26.5 Å². The Kier molecular flexibility index (Phi) is 7.10. The summed E-state index contributed by atoms with van der Waals surface area (Å²) >= 11 is 0. The van der Waals surface area contributed by atoms with Gasteiger partial charge in [0.25, 0.3) is 0 Å². The second-order valence-corrected chi connectivity index (χ2v) is 13.0. The maximum atomic E-state index is 3.95. The lowest BCUT2D eigenvalue weighted by molar-refractivity contribution is 0.657. The minimum Gasteiger partial charge on any atom is -0.309 e. The highest BCUT2D eigenvalue weighted by Crippen LogP contribution is 2.46. The average Bonchev–Trinajstić information content (AvgIpc) is 3.33. The monoisotopic (exact) mass is 453 g/mol. The maximum absolute atomic E-state index is 3.95. The molecule has 1 heterocycles. The second-order valence-electron chi connectivity index (χ2n) is 8.35. The molecule has 1 aliphatic heterocycles. The van der Waals surface area contributed by atoms with E-state index in [0.29, 0.717) is 11.7 Å². The fourth-order valence-electron chi connectivity index (χ4n) is 4.64. The SMILES string of the molecule is c1ccc(P(CC2CNC(P(c3ccccc3)c3ccccc3)C2)c2ccccc2)cc1. The number of hydrogen-bond acceptors (Lipinski definition) is 1. The van der Waals surface area contributed by atoms with Gasteiger partial charge in [0.05, 0.1) is 0 Å². The Hall–Kier alpha value is -2.30. The van der Waals surface area contributed by atoms with Gasteiger partial charge in [0.1, 0.15) is 0 Å². The number of nitrogens with one attached hydrogen (secondary N) is 1. The summed E-state index contributed by atoms with van der Waals surface area (Å²) in [5, 5.41) is 9.88. The molecule has 1 fully saturated rings. The summed E-state index contributed by atoms with van der Waals surface area (Å²) in [5.41, 5.74) is 0. The predicted molar refractivity (Wildman–Crippen MR) is 143 cm³/mol. The number of benzene rings is 4. The summed E-state index contributed by atoms with van der Waals surface area (Å²) in [6, 6.07) is 44.5. The van der Waals surface area contributed by atoms with Crippen LogP contribution in [0.1, 0.15) is 6.42 Å². The summed E-state index contributed by atoms with van der Waals surface area (Å²) in [4.78, 5) is 0. The van der Waals surface area contributed by atoms with Crippen LogP contribution in [-0.4, -0.2) is 18.5 Å². The first-order valence-corrected chi connectivity index (χ1v) is 14.3. The molecule has 0 spiro atoms. The van der Waals surface area contributed by atoms with E-state index in [1.54, 1.807) is 0 Å². The Morgan fingerprint density at radius 3 is 1.41 bits per heavy atom. The van der Waals surface area contributed by atoms with Crippen LogP contribution in [-0.2, 0) is 0 Å². The quantitative estimate of drug-likeness (QED) is 0.380. The standard InChI is InChI=1S/C29H29NP2/c1-5-13-25(14-6-1)31(26-15-7-2-8-16-26)23-24-21-29(30-22-24)32(27-17-9-3-10-18-27)28-19-11-4-12-20-28/h1-20,24,29-30H,21-23H2. The second kappa shape index (κ2) is 10.5. The fraction of sp³-hybridized carbons (Fsp3) is 0.172. The molecule has 160 valence electrons. The van der Waals surface area contributed by atoms with E-state index >= 15 is 0 Å². The van der Waals surface area contributed by atoms with E-state index < -0.39 is 7.92 Å². The van der Waals surface area contributed by atoms with E-state index in [0.717, 1.165) is 6.54 Å². The molecule has 4 aromatic rings. The van der Waals surface area contributed by atoms with Gasteiger partial charge in [0.2, 0.25) is 0 Å². The van der Waals surface area contributed by atoms with Gasteiger partial charge in [-0.1, -0.05) is 121 Å². The highest BCUT2D eigenvalue weighted by Gasteiger charge is 2.33. The van der Waals surface area contributed by atoms with Crippen molar-refractivity contribution in [2.75, 3.05) is 12.7 Å². The maximum Gasteiger partial charge on any atom is 0.0354 e. The van der Waals surface area contributed by atoms with Crippen LogP contribution in [0.25, 0.3) is 0 Å². The van der Waals surface area contributed by atoms with Crippen LogP contribution in [0.15, 0.2) is 121 Å². The first kappa shape index (κ1) is 21.5. The largest absolute Gasteiger partial charge is 0.309 e. The van der Waals surface area contributed by atoms with Crippen LogP contribution >= 0.6 is 15.8 Å². The average molecular weight is 454 g/mol. The molecule has 3 heteroatoms. The Balaban J connectivity index is 1.38. The van der Waals surface area contributed by atoms with Crippen molar-refractivity contribution in [3.63, 3.8) is 0 Å². The van der Waals surface area contributed by atoms with Crippen molar-refractivity contribution in [1.82, 2.24) is 5.32 Å². The van der Waals surface area contributed by atoms with Crippen LogP contribution in [0.3, 0.4) is 0 Å². The molecule has 1 saturated heterocycles. The van der Waals surface area contributed by atoms with E-state index in [4.69, 9.17) is 0 Å². The van der Waals surface area contributed by atoms with E-state index in [2.05, 4.69) is 127 Å². The van der Waals surface area contributed by atoms with Gasteiger partial charge in [-0.25, -0.2) is 0 Å². The van der Waals surface area contributed by atoms with Crippen molar-refractivity contribution in [3.8, 4) is 0 Å². The van der Waals surface area contributed by atoms with Gasteiger partial charge in [-0.2, -0.15) is 0 Å². The van der Waals surface area contributed by atoms with E-state index in [1.807, 2.05) is 0 Å². The Morgan fingerprint density at radius 1 is 0.562 bits per heavy atom. The third-order valence-corrected chi connectivity index (χ3v) is 11.6. The molecule has 0 radical (unpaired) electrons. The summed E-state index contributed by atoms with van der Waals surface area (Å²) in [7, 11) is -0.758. The number of rotatable bonds is 7. The van der Waals surface area contributed by atoms with Crippen molar-refractivity contribution in [1.29, 1.82) is 0 Å². The first-order chi connectivity index (χ1) is 15.9. The molecule has 2 unspecified atom stereocenters. The molecule has 5 rings (SSSR count). The van der Waals surface area contributed by atoms with Gasteiger partial charge in [-0.15, -0.1) is 0 Å². The Morgan fingerprint density at radius 2 is 0.969 bits per heavy atom. The van der Waals surface area contributed by atoms with Crippen LogP contribution in [0, 0.1) is 5.92 Å². The van der Waals surface area contributed by atoms with Gasteiger partial charge in [-0.05, 0) is 62.1 Å². The van der Waals surface area contributed by atoms with Crippen LogP contribution in [0.4, 0.5) is 0 Å². The molecule has 1 aliphatic rings. The molecule has 0 aromatic heterocycles. The number of hydrogen-bond donors (Lipinski definition) is 1. The minimum absolute atomic E-state index is 0.342. The first-order valence-electron chi connectivity index (χ1n) is 11.4. The zero-order valence-corrected chi connectivity index (χ0v) is 20.0. The van der Waals surface area contributed by atoms with E-state index in [1.165, 1.54) is 33.8 Å². The Bertz CT molecular complexity index is 1010. The smallest absolute Gasteiger partial charge is 0.0354 e. The summed E-state index contributed by atoms with van der Waals surface area (Å²) < 4.78 is 0. The van der Waals surface area contributed by atoms with Crippen LogP contribution in [0.5, 0.6) is 0 Å². The molecule has 1 N–H and O–H groups in total. The lowest BCUT2D eigenvalue weighted by atomic mass is 10.2. The molecule has 1 nitrogen and oxygen atoms in total. The molecular weight excluding hydrogens is 424 g/mol. The van der Waals surface area contributed by atoms with Gasteiger partial charge in [0.15, 0.2) is 0 Å². The Labute approximate surface area is 194 Å². The van der Waals surface area contributed by atoms with Crippen molar-refractivity contribution in [3.05, 3.63) is 121 Å². The molecule has 2 atom stereocenters. The lowest BCUT2D eigenvalue weighted by Crippen LogP contribution is -2.28. The molecule has 0 saturated carbocycles. The van der Waals surface area contributed by atoms with Crippen molar-refractivity contribution in [2.24, 2.45) is 5.92 Å². The van der Waals surface area contributed by atoms with Gasteiger partial charge < -0.3 is 5.32 Å². The summed E-state index contributed by atoms with van der Waals surface area (Å²) in [6.07, 6.45) is 2.49. The molecule has 0 bridgehead atoms. The van der Waals surface area contributed by atoms with E-state index in [-0.39, 0.29) is 7.92 Å². The van der Waals surface area contributed by atoms with Crippen molar-refractivity contribution in [2.45, 2.75) is 12.2 Å². The molecule has 32 heavy (non-hydrogen) atoms. The highest BCUT2D eigenvalue weighted by molar-refractivity contribution is 7.73. The van der Waals surface area contributed by atoms with Crippen LogP contribution in [0.2, 0.25) is 0 Å². The molecule has 0 amide bonds. The van der Waals surface area contributed by atoms with Gasteiger partial charge in [0, 0.05) is 5.78 Å². The topological polar surface area (TPSA) is 12.0 Å². The normalized spacial score (nSPS) is 18.3. The predicted octanol–water partition coefficient (Wildman–Crippen LogP) is 5.19. The van der Waals surface area contributed by atoms with Gasteiger partial charge >= 0.3 is 0 Å². The minimum atomic E-state index is -0.416. The summed E-state index contributed by atoms with van der Waals surface area (Å²) in [5.74, 6) is 1.23. The van der Waals surface area contributed by atoms with Crippen molar-refractivity contribution < 1.29 is 0 Å². The van der Waals surface area contributed by atoms with Crippen molar-refractivity contribution >= 4 is 37.1 Å². The molecular formula is C29H29NP2. The fourth-order valence-corrected chi connectivity index (χ4v) is 10.0. The highest BCUT2D eigenvalue weighted by atomic mass is 31.1. The van der Waals surface area contributed by atoms with Gasteiger partial charge in [-0.3, -0.25) is 0 Å². The third-order valence-electron chi connectivity index (χ3n) is 6.16. The molecule has 4 aromatic carbocycles. The zero-order valence-electron chi connectivity index (χ0n) is 18.2. The third kappa shape index (κ3) is 5.02. The zero-order chi connectivity index (χ0) is 21.6. The molecule has 0 aliphatic carbocycles. The lowest BCUT2D eigenvalue weighted by Gasteiger charge is -2.26.